The highest BCUT2D eigenvalue weighted by atomic mass is 16.5. The topological polar surface area (TPSA) is 12.5 Å². The molecule has 1 saturated heterocycles. The van der Waals surface area contributed by atoms with Crippen molar-refractivity contribution in [3.8, 4) is 0 Å². The number of ether oxygens (including phenoxy) is 1. The molecule has 0 spiro atoms. The second-order valence-electron chi connectivity index (χ2n) is 4.61. The molecule has 1 rings (SSSR count). The summed E-state index contributed by atoms with van der Waals surface area (Å²) in [4.78, 5) is 2.61. The summed E-state index contributed by atoms with van der Waals surface area (Å²) in [6.07, 6.45) is 3.85. The minimum absolute atomic E-state index is 0.347. The fraction of sp³-hybridized carbons (Fsp3) is 1.00. The molecule has 0 aromatic heterocycles. The van der Waals surface area contributed by atoms with Gasteiger partial charge in [-0.05, 0) is 39.7 Å². The molecule has 13 heavy (non-hydrogen) atoms. The average Bonchev–Trinajstić information content (AvgIpc) is 2.54. The summed E-state index contributed by atoms with van der Waals surface area (Å²) in [5, 5.41) is 0. The Labute approximate surface area is 82.3 Å². The minimum atomic E-state index is 0.347. The molecule has 2 heteroatoms. The summed E-state index contributed by atoms with van der Waals surface area (Å²) in [6, 6.07) is 0.653. The summed E-state index contributed by atoms with van der Waals surface area (Å²) in [5.41, 5.74) is 0.347. The molecule has 0 unspecified atom stereocenters. The van der Waals surface area contributed by atoms with Crippen LogP contribution in [0.2, 0.25) is 0 Å². The van der Waals surface area contributed by atoms with Crippen LogP contribution in [0.3, 0.4) is 0 Å². The van der Waals surface area contributed by atoms with Gasteiger partial charge in [-0.3, -0.25) is 4.90 Å². The molecule has 0 aromatic rings. The Morgan fingerprint density at radius 1 is 1.46 bits per heavy atom. The predicted molar refractivity (Wildman–Crippen MR) is 56.0 cm³/mol. The maximum Gasteiger partial charge on any atom is 0.0618 e. The van der Waals surface area contributed by atoms with Gasteiger partial charge in [0.1, 0.15) is 0 Å². The van der Waals surface area contributed by atoms with Crippen molar-refractivity contribution < 1.29 is 4.74 Å². The largest absolute Gasteiger partial charge is 0.383 e. The molecule has 1 aliphatic heterocycles. The maximum absolute atomic E-state index is 5.25. The number of likely N-dealkylation sites (tertiary alicyclic amines) is 1. The van der Waals surface area contributed by atoms with Crippen molar-refractivity contribution in [3.63, 3.8) is 0 Å². The lowest BCUT2D eigenvalue weighted by molar-refractivity contribution is 0.0493. The molecule has 0 radical (unpaired) electrons. The zero-order valence-electron chi connectivity index (χ0n) is 9.47. The van der Waals surface area contributed by atoms with Crippen LogP contribution >= 0.6 is 0 Å². The van der Waals surface area contributed by atoms with E-state index < -0.39 is 0 Å². The van der Waals surface area contributed by atoms with Crippen LogP contribution in [0.15, 0.2) is 0 Å². The predicted octanol–water partition coefficient (Wildman–Crippen LogP) is 2.29. The third kappa shape index (κ3) is 2.44. The Morgan fingerprint density at radius 2 is 2.15 bits per heavy atom. The van der Waals surface area contributed by atoms with Crippen LogP contribution < -0.4 is 0 Å². The summed E-state index contributed by atoms with van der Waals surface area (Å²) in [5.74, 6) is 0. The third-order valence-electron chi connectivity index (χ3n) is 3.38. The van der Waals surface area contributed by atoms with Crippen molar-refractivity contribution in [3.05, 3.63) is 0 Å². The summed E-state index contributed by atoms with van der Waals surface area (Å²) in [6.45, 7) is 9.07. The van der Waals surface area contributed by atoms with Gasteiger partial charge in [-0.2, -0.15) is 0 Å². The first kappa shape index (κ1) is 11.0. The molecule has 0 saturated carbocycles. The van der Waals surface area contributed by atoms with E-state index in [9.17, 15) is 0 Å². The fourth-order valence-corrected chi connectivity index (χ4v) is 2.20. The van der Waals surface area contributed by atoms with Gasteiger partial charge in [0.2, 0.25) is 0 Å². The number of hydrogen-bond donors (Lipinski definition) is 0. The number of hydrogen-bond acceptors (Lipinski definition) is 2. The van der Waals surface area contributed by atoms with Gasteiger partial charge in [-0.1, -0.05) is 6.92 Å². The quantitative estimate of drug-likeness (QED) is 0.666. The Balaban J connectivity index is 2.56. The lowest BCUT2D eigenvalue weighted by Crippen LogP contribution is -2.47. The van der Waals surface area contributed by atoms with Crippen LogP contribution in [0.5, 0.6) is 0 Å². The lowest BCUT2D eigenvalue weighted by Gasteiger charge is -2.39. The zero-order chi connectivity index (χ0) is 9.90. The third-order valence-corrected chi connectivity index (χ3v) is 3.38. The number of rotatable bonds is 4. The van der Waals surface area contributed by atoms with E-state index in [4.69, 9.17) is 4.74 Å². The van der Waals surface area contributed by atoms with Gasteiger partial charge in [-0.15, -0.1) is 0 Å². The molecule has 1 aliphatic rings. The van der Waals surface area contributed by atoms with Crippen LogP contribution in [0.25, 0.3) is 0 Å². The number of nitrogens with zero attached hydrogens (tertiary/aromatic N) is 1. The molecular weight excluding hydrogens is 162 g/mol. The fourth-order valence-electron chi connectivity index (χ4n) is 2.20. The van der Waals surface area contributed by atoms with Gasteiger partial charge < -0.3 is 4.74 Å². The molecule has 0 N–H and O–H groups in total. The first-order valence-electron chi connectivity index (χ1n) is 5.37. The van der Waals surface area contributed by atoms with Crippen molar-refractivity contribution in [1.29, 1.82) is 0 Å². The first-order valence-corrected chi connectivity index (χ1v) is 5.37. The normalized spacial score (nSPS) is 25.4. The van der Waals surface area contributed by atoms with E-state index >= 15 is 0 Å². The molecule has 1 fully saturated rings. The maximum atomic E-state index is 5.25. The van der Waals surface area contributed by atoms with Crippen LogP contribution in [0.1, 0.15) is 40.0 Å². The molecule has 78 valence electrons. The molecule has 1 atom stereocenters. The van der Waals surface area contributed by atoms with Crippen LogP contribution in [0.4, 0.5) is 0 Å². The Morgan fingerprint density at radius 3 is 2.69 bits per heavy atom. The minimum Gasteiger partial charge on any atom is -0.383 e. The Bertz CT molecular complexity index is 156. The average molecular weight is 185 g/mol. The Kier molecular flexibility index (Phi) is 3.74. The van der Waals surface area contributed by atoms with Gasteiger partial charge >= 0.3 is 0 Å². The van der Waals surface area contributed by atoms with E-state index in [1.165, 1.54) is 25.8 Å². The van der Waals surface area contributed by atoms with Gasteiger partial charge in [-0.25, -0.2) is 0 Å². The van der Waals surface area contributed by atoms with E-state index in [2.05, 4.69) is 25.7 Å². The highest BCUT2D eigenvalue weighted by Crippen LogP contribution is 2.28. The molecular formula is C11H23NO. The van der Waals surface area contributed by atoms with Crippen molar-refractivity contribution in [2.45, 2.75) is 51.6 Å². The van der Waals surface area contributed by atoms with Crippen molar-refractivity contribution in [2.24, 2.45) is 0 Å². The lowest BCUT2D eigenvalue weighted by atomic mass is 9.98. The molecule has 2 nitrogen and oxygen atoms in total. The molecule has 0 bridgehead atoms. The second kappa shape index (κ2) is 4.43. The molecule has 0 aromatic carbocycles. The molecule has 0 amide bonds. The summed E-state index contributed by atoms with van der Waals surface area (Å²) >= 11 is 0. The van der Waals surface area contributed by atoms with E-state index in [1.54, 1.807) is 7.11 Å². The van der Waals surface area contributed by atoms with E-state index in [1.807, 2.05) is 0 Å². The zero-order valence-corrected chi connectivity index (χ0v) is 9.47. The van der Waals surface area contributed by atoms with Crippen molar-refractivity contribution in [2.75, 3.05) is 20.3 Å². The molecule has 1 heterocycles. The Hall–Kier alpha value is -0.0800. The first-order chi connectivity index (χ1) is 6.11. The summed E-state index contributed by atoms with van der Waals surface area (Å²) in [7, 11) is 1.80. The van der Waals surface area contributed by atoms with Crippen LogP contribution in [-0.4, -0.2) is 36.7 Å². The van der Waals surface area contributed by atoms with Gasteiger partial charge in [0.15, 0.2) is 0 Å². The second-order valence-corrected chi connectivity index (χ2v) is 4.61. The highest BCUT2D eigenvalue weighted by Gasteiger charge is 2.34. The smallest absolute Gasteiger partial charge is 0.0618 e. The van der Waals surface area contributed by atoms with Crippen molar-refractivity contribution in [1.82, 2.24) is 4.90 Å². The number of methoxy groups -OCH3 is 1. The van der Waals surface area contributed by atoms with Gasteiger partial charge in [0, 0.05) is 18.7 Å². The standard InChI is InChI=1S/C11H23NO/c1-5-11(2,3)12-8-6-7-10(12)9-13-4/h10H,5-9H2,1-4H3/t10-/m0/s1. The highest BCUT2D eigenvalue weighted by molar-refractivity contribution is 4.89. The van der Waals surface area contributed by atoms with Gasteiger partial charge in [0.25, 0.3) is 0 Å². The SMILES string of the molecule is CCC(C)(C)N1CCC[C@H]1COC. The van der Waals surface area contributed by atoms with Gasteiger partial charge in [0.05, 0.1) is 6.61 Å². The van der Waals surface area contributed by atoms with E-state index in [0.29, 0.717) is 11.6 Å². The van der Waals surface area contributed by atoms with Crippen molar-refractivity contribution >= 4 is 0 Å². The summed E-state index contributed by atoms with van der Waals surface area (Å²) < 4.78 is 5.25. The van der Waals surface area contributed by atoms with Crippen LogP contribution in [0, 0.1) is 0 Å². The molecule has 0 aliphatic carbocycles. The van der Waals surface area contributed by atoms with E-state index in [0.717, 1.165) is 6.61 Å². The van der Waals surface area contributed by atoms with E-state index in [-0.39, 0.29) is 0 Å². The monoisotopic (exact) mass is 185 g/mol. The van der Waals surface area contributed by atoms with Crippen LogP contribution in [-0.2, 0) is 4.74 Å².